The van der Waals surface area contributed by atoms with E-state index in [0.717, 1.165) is 46.0 Å². The van der Waals surface area contributed by atoms with Crippen LogP contribution in [0, 0.1) is 11.7 Å². The van der Waals surface area contributed by atoms with Crippen LogP contribution in [0.2, 0.25) is 0 Å². The second-order valence-corrected chi connectivity index (χ2v) is 10.5. The van der Waals surface area contributed by atoms with Crippen LogP contribution in [-0.4, -0.2) is 57.0 Å². The lowest BCUT2D eigenvalue weighted by Crippen LogP contribution is -2.50. The van der Waals surface area contributed by atoms with Crippen LogP contribution in [0.4, 0.5) is 4.39 Å². The third-order valence-corrected chi connectivity index (χ3v) is 7.47. The summed E-state index contributed by atoms with van der Waals surface area (Å²) in [6, 6.07) is 16.5. The fourth-order valence-electron chi connectivity index (χ4n) is 5.74. The van der Waals surface area contributed by atoms with Gasteiger partial charge in [0.05, 0.1) is 23.8 Å². The Labute approximate surface area is 225 Å². The summed E-state index contributed by atoms with van der Waals surface area (Å²) in [7, 11) is 3.46. The molecule has 6 rings (SSSR count). The van der Waals surface area contributed by atoms with Crippen LogP contribution in [0.3, 0.4) is 0 Å². The molecule has 2 N–H and O–H groups in total. The van der Waals surface area contributed by atoms with Gasteiger partial charge in [-0.25, -0.2) is 4.39 Å². The summed E-state index contributed by atoms with van der Waals surface area (Å²) in [5, 5.41) is 17.2. The van der Waals surface area contributed by atoms with Crippen LogP contribution < -0.4 is 10.1 Å². The molecule has 0 bridgehead atoms. The predicted molar refractivity (Wildman–Crippen MR) is 149 cm³/mol. The van der Waals surface area contributed by atoms with E-state index < -0.39 is 0 Å². The highest BCUT2D eigenvalue weighted by Crippen LogP contribution is 2.30. The van der Waals surface area contributed by atoms with E-state index in [2.05, 4.69) is 38.5 Å². The van der Waals surface area contributed by atoms with Gasteiger partial charge in [0.25, 0.3) is 5.91 Å². The first kappa shape index (κ1) is 25.1. The number of piperidine rings is 1. The van der Waals surface area contributed by atoms with Gasteiger partial charge >= 0.3 is 0 Å². The van der Waals surface area contributed by atoms with Crippen molar-refractivity contribution in [2.24, 2.45) is 13.0 Å². The van der Waals surface area contributed by atoms with E-state index in [1.54, 1.807) is 23.9 Å². The van der Waals surface area contributed by atoms with Crippen LogP contribution >= 0.6 is 0 Å². The molecule has 1 aliphatic rings. The number of carbonyl (C=O) groups is 1. The highest BCUT2D eigenvalue weighted by Gasteiger charge is 2.28. The fourth-order valence-corrected chi connectivity index (χ4v) is 5.74. The van der Waals surface area contributed by atoms with E-state index >= 15 is 0 Å². The highest BCUT2D eigenvalue weighted by molar-refractivity contribution is 6.02. The predicted octanol–water partition coefficient (Wildman–Crippen LogP) is 4.90. The molecule has 5 aromatic rings. The summed E-state index contributed by atoms with van der Waals surface area (Å²) in [5.74, 6) is 0.488. The smallest absolute Gasteiger partial charge is 0.251 e. The van der Waals surface area contributed by atoms with Crippen molar-refractivity contribution in [2.75, 3.05) is 20.2 Å². The standard InChI is InChI=1S/C30H31FN6O2/c1-18-11-22(16-37(14-18)17-24-25(31)5-4-6-28(24)39-3)32-30(38)20-8-10-27-23(13-20)29(34-33-27)19-7-9-26-21(12-19)15-36(2)35-26/h4-10,12-13,15,18,22H,11,14,16-17H2,1-3H3,(H,32,38)(H,33,34)/t18-,22+/m0/s1. The number of nitrogens with zero attached hydrogens (tertiary/aromatic N) is 4. The summed E-state index contributed by atoms with van der Waals surface area (Å²) in [4.78, 5) is 15.6. The van der Waals surface area contributed by atoms with Gasteiger partial charge in [0.1, 0.15) is 11.6 Å². The number of likely N-dealkylation sites (tertiary alicyclic amines) is 1. The first-order valence-corrected chi connectivity index (χ1v) is 13.1. The summed E-state index contributed by atoms with van der Waals surface area (Å²) in [6.45, 7) is 4.05. The van der Waals surface area contributed by atoms with Crippen LogP contribution in [0.15, 0.2) is 60.8 Å². The van der Waals surface area contributed by atoms with Crippen LogP contribution in [0.5, 0.6) is 5.75 Å². The zero-order chi connectivity index (χ0) is 27.1. The van der Waals surface area contributed by atoms with Gasteiger partial charge in [-0.15, -0.1) is 0 Å². The number of halogens is 1. The maximum absolute atomic E-state index is 14.6. The van der Waals surface area contributed by atoms with Crippen molar-refractivity contribution in [2.45, 2.75) is 25.9 Å². The summed E-state index contributed by atoms with van der Waals surface area (Å²) in [6.07, 6.45) is 2.84. The first-order chi connectivity index (χ1) is 18.9. The average molecular weight is 527 g/mol. The van der Waals surface area contributed by atoms with Gasteiger partial charge in [-0.2, -0.15) is 10.2 Å². The topological polar surface area (TPSA) is 88.1 Å². The summed E-state index contributed by atoms with van der Waals surface area (Å²) >= 11 is 0. The Kier molecular flexibility index (Phi) is 6.52. The molecule has 39 heavy (non-hydrogen) atoms. The summed E-state index contributed by atoms with van der Waals surface area (Å²) in [5.41, 5.74) is 4.66. The monoisotopic (exact) mass is 526 g/mol. The largest absolute Gasteiger partial charge is 0.496 e. The number of ether oxygens (including phenoxy) is 1. The SMILES string of the molecule is COc1cccc(F)c1CN1C[C@@H](C)C[C@@H](NC(=O)c2ccc3[nH]nc(-c4ccc5nn(C)cc5c4)c3c2)C1. The molecule has 8 nitrogen and oxygen atoms in total. The number of carbonyl (C=O) groups excluding carboxylic acids is 1. The van der Waals surface area contributed by atoms with E-state index in [4.69, 9.17) is 4.74 Å². The molecule has 1 amide bonds. The molecule has 2 aromatic heterocycles. The number of aromatic nitrogens is 4. The maximum Gasteiger partial charge on any atom is 0.251 e. The molecule has 200 valence electrons. The number of fused-ring (bicyclic) bond motifs is 2. The number of aromatic amines is 1. The lowest BCUT2D eigenvalue weighted by atomic mass is 9.95. The van der Waals surface area contributed by atoms with Crippen molar-refractivity contribution in [1.29, 1.82) is 0 Å². The minimum absolute atomic E-state index is 0.0495. The molecule has 0 spiro atoms. The van der Waals surface area contributed by atoms with E-state index in [1.165, 1.54) is 6.07 Å². The third-order valence-electron chi connectivity index (χ3n) is 7.47. The molecule has 0 unspecified atom stereocenters. The van der Waals surface area contributed by atoms with Crippen LogP contribution in [0.1, 0.15) is 29.3 Å². The Morgan fingerprint density at radius 3 is 2.90 bits per heavy atom. The second kappa shape index (κ2) is 10.1. The number of rotatable bonds is 6. The molecular weight excluding hydrogens is 495 g/mol. The van der Waals surface area contributed by atoms with Crippen molar-refractivity contribution in [3.05, 3.63) is 77.7 Å². The molecule has 0 aliphatic carbocycles. The van der Waals surface area contributed by atoms with Crippen molar-refractivity contribution in [1.82, 2.24) is 30.2 Å². The molecule has 1 aliphatic heterocycles. The molecule has 3 aromatic carbocycles. The van der Waals surface area contributed by atoms with E-state index in [-0.39, 0.29) is 17.8 Å². The zero-order valence-electron chi connectivity index (χ0n) is 22.2. The average Bonchev–Trinajstić information content (AvgIpc) is 3.51. The van der Waals surface area contributed by atoms with Gasteiger partial charge in [0, 0.05) is 66.4 Å². The van der Waals surface area contributed by atoms with Crippen molar-refractivity contribution in [3.63, 3.8) is 0 Å². The Morgan fingerprint density at radius 2 is 2.05 bits per heavy atom. The Balaban J connectivity index is 1.21. The van der Waals surface area contributed by atoms with E-state index in [1.807, 2.05) is 43.6 Å². The van der Waals surface area contributed by atoms with Crippen molar-refractivity contribution < 1.29 is 13.9 Å². The van der Waals surface area contributed by atoms with Gasteiger partial charge in [-0.05, 0) is 54.8 Å². The number of methoxy groups -OCH3 is 1. The number of H-pyrrole nitrogens is 1. The van der Waals surface area contributed by atoms with E-state index in [0.29, 0.717) is 35.9 Å². The maximum atomic E-state index is 14.6. The van der Waals surface area contributed by atoms with Gasteiger partial charge in [0.2, 0.25) is 0 Å². The van der Waals surface area contributed by atoms with Gasteiger partial charge in [0.15, 0.2) is 0 Å². The molecule has 2 atom stereocenters. The number of hydrogen-bond acceptors (Lipinski definition) is 5. The first-order valence-electron chi connectivity index (χ1n) is 13.1. The third kappa shape index (κ3) is 4.97. The quantitative estimate of drug-likeness (QED) is 0.329. The van der Waals surface area contributed by atoms with Crippen LogP contribution in [0.25, 0.3) is 33.1 Å². The number of amides is 1. The Hall–Kier alpha value is -4.24. The highest BCUT2D eigenvalue weighted by atomic mass is 19.1. The number of aryl methyl sites for hydroxylation is 1. The molecule has 0 radical (unpaired) electrons. The molecule has 9 heteroatoms. The van der Waals surface area contributed by atoms with Gasteiger partial charge < -0.3 is 10.1 Å². The lowest BCUT2D eigenvalue weighted by Gasteiger charge is -2.37. The molecule has 1 saturated heterocycles. The Morgan fingerprint density at radius 1 is 1.18 bits per heavy atom. The van der Waals surface area contributed by atoms with Gasteiger partial charge in [-0.3, -0.25) is 19.5 Å². The van der Waals surface area contributed by atoms with Crippen molar-refractivity contribution >= 4 is 27.7 Å². The molecule has 1 fully saturated rings. The zero-order valence-corrected chi connectivity index (χ0v) is 22.2. The normalized spacial score (nSPS) is 18.1. The molecule has 3 heterocycles. The van der Waals surface area contributed by atoms with Crippen LogP contribution in [-0.2, 0) is 13.6 Å². The van der Waals surface area contributed by atoms with E-state index in [9.17, 15) is 9.18 Å². The Bertz CT molecular complexity index is 1680. The molecular formula is C30H31FN6O2. The number of nitrogens with one attached hydrogen (secondary N) is 2. The van der Waals surface area contributed by atoms with Gasteiger partial charge in [-0.1, -0.05) is 19.1 Å². The fraction of sp³-hybridized carbons (Fsp3) is 0.300. The second-order valence-electron chi connectivity index (χ2n) is 10.5. The summed E-state index contributed by atoms with van der Waals surface area (Å²) < 4.78 is 21.7. The minimum atomic E-state index is -0.278. The number of benzene rings is 3. The molecule has 0 saturated carbocycles. The minimum Gasteiger partial charge on any atom is -0.496 e. The lowest BCUT2D eigenvalue weighted by molar-refractivity contribution is 0.0868. The number of hydrogen-bond donors (Lipinski definition) is 2. The van der Waals surface area contributed by atoms with Crippen molar-refractivity contribution in [3.8, 4) is 17.0 Å².